The van der Waals surface area contributed by atoms with E-state index in [4.69, 9.17) is 14.2 Å². The van der Waals surface area contributed by atoms with Gasteiger partial charge in [0, 0.05) is 5.56 Å². The molecule has 2 aromatic rings. The number of rotatable bonds is 6. The van der Waals surface area contributed by atoms with Gasteiger partial charge in [0.2, 0.25) is 0 Å². The van der Waals surface area contributed by atoms with Gasteiger partial charge in [-0.1, -0.05) is 38.1 Å². The lowest BCUT2D eigenvalue weighted by Gasteiger charge is -2.18. The van der Waals surface area contributed by atoms with Crippen LogP contribution in [0.15, 0.2) is 42.5 Å². The highest BCUT2D eigenvalue weighted by atomic mass is 16.6. The van der Waals surface area contributed by atoms with Crippen molar-refractivity contribution in [1.29, 1.82) is 0 Å². The number of Topliss-reactive ketones (excluding diaryl/α,β-unsaturated/α-hetero) is 1. The van der Waals surface area contributed by atoms with Crippen LogP contribution in [0.25, 0.3) is 0 Å². The fourth-order valence-corrected chi connectivity index (χ4v) is 2.70. The molecule has 0 spiro atoms. The maximum atomic E-state index is 12.2. The van der Waals surface area contributed by atoms with Gasteiger partial charge in [0.05, 0.1) is 5.56 Å². The Labute approximate surface area is 152 Å². The van der Waals surface area contributed by atoms with Crippen molar-refractivity contribution in [3.63, 3.8) is 0 Å². The Morgan fingerprint density at radius 1 is 1.00 bits per heavy atom. The molecule has 1 heterocycles. The van der Waals surface area contributed by atoms with Gasteiger partial charge < -0.3 is 14.2 Å². The smallest absolute Gasteiger partial charge is 0.338 e. The fraction of sp³-hybridized carbons (Fsp3) is 0.333. The first kappa shape index (κ1) is 18.0. The molecule has 0 unspecified atom stereocenters. The van der Waals surface area contributed by atoms with Gasteiger partial charge in [-0.3, -0.25) is 4.79 Å². The average Bonchev–Trinajstić information content (AvgIpc) is 2.70. The summed E-state index contributed by atoms with van der Waals surface area (Å²) in [6.07, 6.45) is 1.04. The SMILES string of the molecule is CC[C@@H](C)c1ccc(C(=O)COC(=O)c2ccc3c(c2)OCCO3)cc1. The Morgan fingerprint density at radius 3 is 2.35 bits per heavy atom. The lowest BCUT2D eigenvalue weighted by Crippen LogP contribution is -2.17. The minimum absolute atomic E-state index is 0.230. The first-order valence-electron chi connectivity index (χ1n) is 8.78. The van der Waals surface area contributed by atoms with E-state index in [0.29, 0.717) is 41.8 Å². The van der Waals surface area contributed by atoms with Crippen LogP contribution in [-0.4, -0.2) is 31.6 Å². The number of esters is 1. The highest BCUT2D eigenvalue weighted by Crippen LogP contribution is 2.30. The summed E-state index contributed by atoms with van der Waals surface area (Å²) < 4.78 is 16.0. The van der Waals surface area contributed by atoms with Crippen LogP contribution in [-0.2, 0) is 4.74 Å². The van der Waals surface area contributed by atoms with E-state index in [2.05, 4.69) is 13.8 Å². The van der Waals surface area contributed by atoms with Crippen LogP contribution in [0, 0.1) is 0 Å². The first-order chi connectivity index (χ1) is 12.6. The summed E-state index contributed by atoms with van der Waals surface area (Å²) in [6, 6.07) is 12.3. The second kappa shape index (κ2) is 8.04. The predicted molar refractivity (Wildman–Crippen MR) is 97.2 cm³/mol. The molecule has 0 radical (unpaired) electrons. The fourth-order valence-electron chi connectivity index (χ4n) is 2.70. The summed E-state index contributed by atoms with van der Waals surface area (Å²) in [6.45, 7) is 4.90. The zero-order valence-corrected chi connectivity index (χ0v) is 15.0. The van der Waals surface area contributed by atoms with Gasteiger partial charge in [0.1, 0.15) is 13.2 Å². The highest BCUT2D eigenvalue weighted by Gasteiger charge is 2.17. The monoisotopic (exact) mass is 354 g/mol. The minimum atomic E-state index is -0.563. The van der Waals surface area contributed by atoms with Gasteiger partial charge in [-0.2, -0.15) is 0 Å². The van der Waals surface area contributed by atoms with Crippen LogP contribution in [0.3, 0.4) is 0 Å². The standard InChI is InChI=1S/C21H22O5/c1-3-14(2)15-4-6-16(7-5-15)18(22)13-26-21(23)17-8-9-19-20(12-17)25-11-10-24-19/h4-9,12,14H,3,10-11,13H2,1-2H3/t14-/m1/s1. The summed E-state index contributed by atoms with van der Waals surface area (Å²) in [5, 5.41) is 0. The van der Waals surface area contributed by atoms with E-state index in [9.17, 15) is 9.59 Å². The molecular formula is C21H22O5. The Kier molecular flexibility index (Phi) is 5.56. The summed E-state index contributed by atoms with van der Waals surface area (Å²) in [7, 11) is 0. The van der Waals surface area contributed by atoms with Crippen molar-refractivity contribution in [2.45, 2.75) is 26.2 Å². The van der Waals surface area contributed by atoms with Crippen molar-refractivity contribution in [3.05, 3.63) is 59.2 Å². The molecular weight excluding hydrogens is 332 g/mol. The molecule has 0 saturated heterocycles. The molecule has 0 aromatic heterocycles. The van der Waals surface area contributed by atoms with Gasteiger partial charge in [0.25, 0.3) is 0 Å². The first-order valence-corrected chi connectivity index (χ1v) is 8.78. The molecule has 3 rings (SSSR count). The Hall–Kier alpha value is -2.82. The van der Waals surface area contributed by atoms with Crippen molar-refractivity contribution in [3.8, 4) is 11.5 Å². The molecule has 2 aromatic carbocycles. The molecule has 5 heteroatoms. The zero-order valence-electron chi connectivity index (χ0n) is 15.0. The van der Waals surface area contributed by atoms with Crippen LogP contribution >= 0.6 is 0 Å². The maximum Gasteiger partial charge on any atom is 0.338 e. The maximum absolute atomic E-state index is 12.2. The van der Waals surface area contributed by atoms with Crippen LogP contribution in [0.5, 0.6) is 11.5 Å². The number of hydrogen-bond donors (Lipinski definition) is 0. The molecule has 1 atom stereocenters. The largest absolute Gasteiger partial charge is 0.486 e. The van der Waals surface area contributed by atoms with Crippen molar-refractivity contribution in [1.82, 2.24) is 0 Å². The quantitative estimate of drug-likeness (QED) is 0.579. The summed E-state index contributed by atoms with van der Waals surface area (Å²) in [5.41, 5.74) is 2.05. The molecule has 26 heavy (non-hydrogen) atoms. The molecule has 0 fully saturated rings. The zero-order chi connectivity index (χ0) is 18.5. The molecule has 0 aliphatic carbocycles. The number of carbonyl (C=O) groups excluding carboxylic acids is 2. The molecule has 0 N–H and O–H groups in total. The number of carbonyl (C=O) groups is 2. The van der Waals surface area contributed by atoms with E-state index < -0.39 is 5.97 Å². The number of hydrogen-bond acceptors (Lipinski definition) is 5. The third-order valence-electron chi connectivity index (χ3n) is 4.53. The third-order valence-corrected chi connectivity index (χ3v) is 4.53. The molecule has 0 amide bonds. The van der Waals surface area contributed by atoms with Gasteiger partial charge >= 0.3 is 5.97 Å². The number of ether oxygens (including phenoxy) is 3. The van der Waals surface area contributed by atoms with Crippen molar-refractivity contribution in [2.24, 2.45) is 0 Å². The number of benzene rings is 2. The van der Waals surface area contributed by atoms with E-state index in [-0.39, 0.29) is 12.4 Å². The minimum Gasteiger partial charge on any atom is -0.486 e. The number of ketones is 1. The predicted octanol–water partition coefficient (Wildman–Crippen LogP) is 4.01. The highest BCUT2D eigenvalue weighted by molar-refractivity contribution is 5.99. The molecule has 136 valence electrons. The van der Waals surface area contributed by atoms with Crippen molar-refractivity contribution < 1.29 is 23.8 Å². The molecule has 1 aliphatic heterocycles. The molecule has 0 bridgehead atoms. The third kappa shape index (κ3) is 4.04. The van der Waals surface area contributed by atoms with E-state index in [1.807, 2.05) is 12.1 Å². The average molecular weight is 354 g/mol. The van der Waals surface area contributed by atoms with E-state index >= 15 is 0 Å². The summed E-state index contributed by atoms with van der Waals surface area (Å²) in [5.74, 6) is 0.772. The Bertz CT molecular complexity index is 795. The van der Waals surface area contributed by atoms with Crippen LogP contribution in [0.4, 0.5) is 0 Å². The van der Waals surface area contributed by atoms with E-state index in [1.54, 1.807) is 30.3 Å². The van der Waals surface area contributed by atoms with E-state index in [0.717, 1.165) is 6.42 Å². The van der Waals surface area contributed by atoms with Gasteiger partial charge in [-0.15, -0.1) is 0 Å². The van der Waals surface area contributed by atoms with Crippen LogP contribution in [0.1, 0.15) is 52.5 Å². The molecule has 0 saturated carbocycles. The second-order valence-electron chi connectivity index (χ2n) is 6.29. The number of fused-ring (bicyclic) bond motifs is 1. The summed E-state index contributed by atoms with van der Waals surface area (Å²) >= 11 is 0. The molecule has 1 aliphatic rings. The van der Waals surface area contributed by atoms with Crippen molar-refractivity contribution in [2.75, 3.05) is 19.8 Å². The summed E-state index contributed by atoms with van der Waals surface area (Å²) in [4.78, 5) is 24.4. The normalized spacial score (nSPS) is 13.8. The second-order valence-corrected chi connectivity index (χ2v) is 6.29. The lowest BCUT2D eigenvalue weighted by molar-refractivity contribution is 0.0474. The van der Waals surface area contributed by atoms with Gasteiger partial charge in [-0.25, -0.2) is 4.79 Å². The van der Waals surface area contributed by atoms with Crippen molar-refractivity contribution >= 4 is 11.8 Å². The van der Waals surface area contributed by atoms with Gasteiger partial charge in [-0.05, 0) is 36.1 Å². The lowest BCUT2D eigenvalue weighted by atomic mass is 9.97. The molecule has 5 nitrogen and oxygen atoms in total. The van der Waals surface area contributed by atoms with Gasteiger partial charge in [0.15, 0.2) is 23.9 Å². The van der Waals surface area contributed by atoms with Crippen LogP contribution < -0.4 is 9.47 Å². The Balaban J connectivity index is 1.59. The van der Waals surface area contributed by atoms with Crippen LogP contribution in [0.2, 0.25) is 0 Å². The topological polar surface area (TPSA) is 61.8 Å². The Morgan fingerprint density at radius 2 is 1.65 bits per heavy atom. The van der Waals surface area contributed by atoms with E-state index in [1.165, 1.54) is 5.56 Å².